The molecule has 1 fully saturated rings. The number of fused-ring (bicyclic) bond motifs is 1. The minimum atomic E-state index is -1.10. The molecular weight excluding hydrogens is 488 g/mol. The third-order valence-electron chi connectivity index (χ3n) is 7.98. The number of nitrogens with zero attached hydrogens (tertiary/aromatic N) is 2. The second-order valence-corrected chi connectivity index (χ2v) is 11.4. The first-order valence-electron chi connectivity index (χ1n) is 14.4. The van der Waals surface area contributed by atoms with Crippen molar-refractivity contribution in [1.29, 1.82) is 0 Å². The lowest BCUT2D eigenvalue weighted by Gasteiger charge is -2.34. The van der Waals surface area contributed by atoms with Crippen LogP contribution in [0.25, 0.3) is 0 Å². The predicted molar refractivity (Wildman–Crippen MR) is 155 cm³/mol. The number of para-hydroxylation sites is 1. The molecule has 1 aliphatic heterocycles. The molecule has 3 unspecified atom stereocenters. The van der Waals surface area contributed by atoms with Crippen molar-refractivity contribution in [3.8, 4) is 0 Å². The summed E-state index contributed by atoms with van der Waals surface area (Å²) in [6, 6.07) is 17.6. The van der Waals surface area contributed by atoms with Crippen molar-refractivity contribution in [2.45, 2.75) is 71.9 Å². The van der Waals surface area contributed by atoms with Gasteiger partial charge in [-0.2, -0.15) is 0 Å². The predicted octanol–water partition coefficient (Wildman–Crippen LogP) is 5.07. The molecule has 7 heteroatoms. The van der Waals surface area contributed by atoms with Crippen LogP contribution < -0.4 is 16.0 Å². The lowest BCUT2D eigenvalue weighted by atomic mass is 9.81. The zero-order chi connectivity index (χ0) is 27.9. The smallest absolute Gasteiger partial charge is 0.272 e. The van der Waals surface area contributed by atoms with E-state index in [-0.39, 0.29) is 17.7 Å². The van der Waals surface area contributed by atoms with Crippen LogP contribution in [0, 0.1) is 23.7 Å². The van der Waals surface area contributed by atoms with Crippen molar-refractivity contribution in [3.05, 3.63) is 65.7 Å². The molecule has 1 aliphatic carbocycles. The molecule has 0 aromatic heterocycles. The highest BCUT2D eigenvalue weighted by atomic mass is 16.2. The molecule has 39 heavy (non-hydrogen) atoms. The van der Waals surface area contributed by atoms with Crippen molar-refractivity contribution >= 4 is 29.1 Å². The summed E-state index contributed by atoms with van der Waals surface area (Å²) in [6.45, 7) is 6.69. The van der Waals surface area contributed by atoms with Gasteiger partial charge in [-0.15, -0.1) is 0 Å². The van der Waals surface area contributed by atoms with Crippen LogP contribution in [0.15, 0.2) is 59.6 Å². The van der Waals surface area contributed by atoms with E-state index in [0.29, 0.717) is 31.0 Å². The number of carbonyl (C=O) groups excluding carboxylic acids is 3. The number of unbranched alkanes of at least 4 members (excludes halogenated alkanes) is 1. The molecule has 3 N–H and O–H groups in total. The van der Waals surface area contributed by atoms with Gasteiger partial charge in [0.1, 0.15) is 0 Å². The fraction of sp³-hybridized carbons (Fsp3) is 0.500. The highest BCUT2D eigenvalue weighted by molar-refractivity contribution is 6.20. The SMILES string of the molecule is CCCCC(C(N)=O)C(CC(C)C)C(=O)NC1N=C(c2ccccc2)c2ccccc2N(CC2CCC2)C1=O. The second kappa shape index (κ2) is 13.0. The van der Waals surface area contributed by atoms with E-state index in [1.807, 2.05) is 80.3 Å². The van der Waals surface area contributed by atoms with Crippen molar-refractivity contribution in [2.24, 2.45) is 34.4 Å². The Balaban J connectivity index is 1.74. The molecule has 2 aromatic rings. The number of amides is 3. The minimum Gasteiger partial charge on any atom is -0.369 e. The average molecular weight is 531 g/mol. The van der Waals surface area contributed by atoms with E-state index in [4.69, 9.17) is 10.7 Å². The number of nitrogens with two attached hydrogens (primary N) is 1. The Kier molecular flexibility index (Phi) is 9.54. The van der Waals surface area contributed by atoms with Gasteiger partial charge in [0, 0.05) is 29.5 Å². The van der Waals surface area contributed by atoms with Gasteiger partial charge in [-0.3, -0.25) is 14.4 Å². The number of primary amides is 1. The molecule has 2 aliphatic rings. The first kappa shape index (κ1) is 28.5. The average Bonchev–Trinajstić information content (AvgIpc) is 3.00. The van der Waals surface area contributed by atoms with Gasteiger partial charge < -0.3 is 16.0 Å². The molecule has 3 amide bonds. The van der Waals surface area contributed by atoms with Crippen LogP contribution >= 0.6 is 0 Å². The number of hydrogen-bond acceptors (Lipinski definition) is 4. The third-order valence-corrected chi connectivity index (χ3v) is 7.98. The summed E-state index contributed by atoms with van der Waals surface area (Å²) in [4.78, 5) is 47.2. The Morgan fingerprint density at radius 1 is 1.05 bits per heavy atom. The number of nitrogens with one attached hydrogen (secondary N) is 1. The number of hydrogen-bond donors (Lipinski definition) is 2. The van der Waals surface area contributed by atoms with E-state index in [1.54, 1.807) is 0 Å². The summed E-state index contributed by atoms with van der Waals surface area (Å²) in [6.07, 6.45) is 5.00. The van der Waals surface area contributed by atoms with Crippen LogP contribution in [0.1, 0.15) is 76.8 Å². The van der Waals surface area contributed by atoms with E-state index in [1.165, 1.54) is 6.42 Å². The number of aliphatic imine (C=N–C) groups is 1. The Morgan fingerprint density at radius 3 is 2.36 bits per heavy atom. The van der Waals surface area contributed by atoms with Crippen LogP contribution in [0.3, 0.4) is 0 Å². The van der Waals surface area contributed by atoms with Crippen LogP contribution in [0.4, 0.5) is 5.69 Å². The maximum atomic E-state index is 14.1. The van der Waals surface area contributed by atoms with Crippen molar-refractivity contribution in [2.75, 3.05) is 11.4 Å². The number of carbonyl (C=O) groups is 3. The topological polar surface area (TPSA) is 105 Å². The van der Waals surface area contributed by atoms with Gasteiger partial charge in [-0.25, -0.2) is 4.99 Å². The number of benzodiazepines with no additional fused rings is 1. The molecule has 2 aromatic carbocycles. The van der Waals surface area contributed by atoms with Gasteiger partial charge in [-0.05, 0) is 43.6 Å². The van der Waals surface area contributed by atoms with E-state index in [9.17, 15) is 14.4 Å². The normalized spacial score (nSPS) is 19.0. The van der Waals surface area contributed by atoms with E-state index in [2.05, 4.69) is 5.32 Å². The van der Waals surface area contributed by atoms with E-state index >= 15 is 0 Å². The molecule has 0 spiro atoms. The fourth-order valence-corrected chi connectivity index (χ4v) is 5.64. The van der Waals surface area contributed by atoms with Crippen molar-refractivity contribution < 1.29 is 14.4 Å². The first-order chi connectivity index (χ1) is 18.8. The van der Waals surface area contributed by atoms with Gasteiger partial charge in [0.2, 0.25) is 18.0 Å². The van der Waals surface area contributed by atoms with Gasteiger partial charge >= 0.3 is 0 Å². The minimum absolute atomic E-state index is 0.178. The van der Waals surface area contributed by atoms with Gasteiger partial charge in [-0.1, -0.05) is 88.6 Å². The van der Waals surface area contributed by atoms with Gasteiger partial charge in [0.05, 0.1) is 11.4 Å². The van der Waals surface area contributed by atoms with E-state index in [0.717, 1.165) is 42.5 Å². The van der Waals surface area contributed by atoms with Crippen LogP contribution in [-0.4, -0.2) is 36.1 Å². The maximum absolute atomic E-state index is 14.1. The van der Waals surface area contributed by atoms with Crippen molar-refractivity contribution in [3.63, 3.8) is 0 Å². The number of anilines is 1. The molecule has 1 saturated carbocycles. The zero-order valence-electron chi connectivity index (χ0n) is 23.4. The van der Waals surface area contributed by atoms with Gasteiger partial charge in [0.25, 0.3) is 5.91 Å². The van der Waals surface area contributed by atoms with Crippen LogP contribution in [0.5, 0.6) is 0 Å². The standard InChI is InChI=1S/C32H42N4O3/c1-4-5-16-24(29(33)37)26(19-21(2)3)31(38)35-30-32(39)36(20-22-12-11-13-22)27-18-10-9-17-25(27)28(34-30)23-14-7-6-8-15-23/h6-10,14-15,17-18,21-22,24,26,30H,4-5,11-13,16,19-20H2,1-3H3,(H2,33,37)(H,35,38). The van der Waals surface area contributed by atoms with Crippen LogP contribution in [0.2, 0.25) is 0 Å². The molecule has 4 rings (SSSR count). The summed E-state index contributed by atoms with van der Waals surface area (Å²) in [5, 5.41) is 2.97. The molecule has 3 atom stereocenters. The Morgan fingerprint density at radius 2 is 1.74 bits per heavy atom. The first-order valence-corrected chi connectivity index (χ1v) is 14.4. The molecule has 1 heterocycles. The largest absolute Gasteiger partial charge is 0.369 e. The second-order valence-electron chi connectivity index (χ2n) is 11.4. The molecule has 0 saturated heterocycles. The maximum Gasteiger partial charge on any atom is 0.272 e. The highest BCUT2D eigenvalue weighted by Crippen LogP contribution is 2.34. The van der Waals surface area contributed by atoms with Crippen molar-refractivity contribution in [1.82, 2.24) is 5.32 Å². The van der Waals surface area contributed by atoms with Crippen LogP contribution in [-0.2, 0) is 14.4 Å². The number of rotatable bonds is 12. The molecule has 7 nitrogen and oxygen atoms in total. The fourth-order valence-electron chi connectivity index (χ4n) is 5.64. The summed E-state index contributed by atoms with van der Waals surface area (Å²) in [5.74, 6) is -1.66. The molecule has 0 bridgehead atoms. The molecular formula is C32H42N4O3. The third kappa shape index (κ3) is 6.75. The summed E-state index contributed by atoms with van der Waals surface area (Å²) in [5.41, 5.74) is 9.03. The monoisotopic (exact) mass is 530 g/mol. The van der Waals surface area contributed by atoms with E-state index < -0.39 is 23.9 Å². The number of benzene rings is 2. The summed E-state index contributed by atoms with van der Waals surface area (Å²) >= 11 is 0. The Labute approximate surface area is 232 Å². The summed E-state index contributed by atoms with van der Waals surface area (Å²) < 4.78 is 0. The lowest BCUT2D eigenvalue weighted by Crippen LogP contribution is -2.52. The zero-order valence-corrected chi connectivity index (χ0v) is 23.4. The molecule has 0 radical (unpaired) electrons. The molecule has 208 valence electrons. The van der Waals surface area contributed by atoms with Gasteiger partial charge in [0.15, 0.2) is 0 Å². The lowest BCUT2D eigenvalue weighted by molar-refractivity contribution is -0.136. The quantitative estimate of drug-likeness (QED) is 0.400. The highest BCUT2D eigenvalue weighted by Gasteiger charge is 2.38. The summed E-state index contributed by atoms with van der Waals surface area (Å²) in [7, 11) is 0. The Bertz CT molecular complexity index is 1190. The Hall–Kier alpha value is -3.48.